The first-order valence-electron chi connectivity index (χ1n) is 4.99. The minimum atomic E-state index is -0.984. The molecule has 1 atom stereocenters. The van der Waals surface area contributed by atoms with Gasteiger partial charge in [-0.05, 0) is 25.0 Å². The molecule has 2 heterocycles. The van der Waals surface area contributed by atoms with Gasteiger partial charge in [-0.15, -0.1) is 0 Å². The Morgan fingerprint density at radius 1 is 1.62 bits per heavy atom. The summed E-state index contributed by atoms with van der Waals surface area (Å²) < 4.78 is 1.92. The SMILES string of the molecule is Cc1ncc2ccc(CC(N)C(=O)O)cn12. The molecule has 0 bridgehead atoms. The average Bonchev–Trinajstić information content (AvgIpc) is 2.60. The molecule has 0 saturated carbocycles. The van der Waals surface area contributed by atoms with Gasteiger partial charge in [0.1, 0.15) is 11.9 Å². The van der Waals surface area contributed by atoms with E-state index >= 15 is 0 Å². The Labute approximate surface area is 92.5 Å². The van der Waals surface area contributed by atoms with E-state index in [0.29, 0.717) is 6.42 Å². The van der Waals surface area contributed by atoms with Crippen LogP contribution in [0.15, 0.2) is 24.5 Å². The molecular formula is C11H13N3O2. The van der Waals surface area contributed by atoms with E-state index in [1.807, 2.05) is 29.7 Å². The van der Waals surface area contributed by atoms with Crippen molar-refractivity contribution in [3.63, 3.8) is 0 Å². The van der Waals surface area contributed by atoms with Gasteiger partial charge in [0, 0.05) is 6.20 Å². The van der Waals surface area contributed by atoms with Crippen molar-refractivity contribution in [2.24, 2.45) is 5.73 Å². The van der Waals surface area contributed by atoms with Gasteiger partial charge in [-0.3, -0.25) is 4.79 Å². The number of carbonyl (C=O) groups is 1. The van der Waals surface area contributed by atoms with Crippen molar-refractivity contribution in [1.29, 1.82) is 0 Å². The fraction of sp³-hybridized carbons (Fsp3) is 0.273. The molecule has 0 aromatic carbocycles. The highest BCUT2D eigenvalue weighted by Gasteiger charge is 2.12. The molecule has 0 aliphatic heterocycles. The number of aryl methyl sites for hydroxylation is 1. The number of aliphatic carboxylic acids is 1. The van der Waals surface area contributed by atoms with E-state index in [4.69, 9.17) is 10.8 Å². The molecule has 0 fully saturated rings. The van der Waals surface area contributed by atoms with Crippen molar-refractivity contribution < 1.29 is 9.90 Å². The number of fused-ring (bicyclic) bond motifs is 1. The zero-order valence-corrected chi connectivity index (χ0v) is 8.92. The summed E-state index contributed by atoms with van der Waals surface area (Å²) in [5, 5.41) is 8.73. The van der Waals surface area contributed by atoms with Crippen LogP contribution >= 0.6 is 0 Å². The lowest BCUT2D eigenvalue weighted by atomic mass is 10.1. The first-order chi connectivity index (χ1) is 7.58. The smallest absolute Gasteiger partial charge is 0.320 e. The van der Waals surface area contributed by atoms with E-state index in [2.05, 4.69) is 4.98 Å². The maximum absolute atomic E-state index is 10.6. The summed E-state index contributed by atoms with van der Waals surface area (Å²) >= 11 is 0. The number of carboxylic acids is 1. The molecule has 84 valence electrons. The highest BCUT2D eigenvalue weighted by atomic mass is 16.4. The summed E-state index contributed by atoms with van der Waals surface area (Å²) in [7, 11) is 0. The summed E-state index contributed by atoms with van der Waals surface area (Å²) in [6, 6.07) is 2.92. The monoisotopic (exact) mass is 219 g/mol. The average molecular weight is 219 g/mol. The maximum Gasteiger partial charge on any atom is 0.320 e. The zero-order valence-electron chi connectivity index (χ0n) is 8.92. The lowest BCUT2D eigenvalue weighted by Gasteiger charge is -2.07. The highest BCUT2D eigenvalue weighted by molar-refractivity contribution is 5.73. The molecule has 0 spiro atoms. The van der Waals surface area contributed by atoms with Crippen molar-refractivity contribution in [3.8, 4) is 0 Å². The highest BCUT2D eigenvalue weighted by Crippen LogP contribution is 2.10. The molecule has 0 aliphatic carbocycles. The van der Waals surface area contributed by atoms with Crippen LogP contribution in [0.4, 0.5) is 0 Å². The number of nitrogens with zero attached hydrogens (tertiary/aromatic N) is 2. The predicted octanol–water partition coefficient (Wildman–Crippen LogP) is 0.597. The molecule has 0 amide bonds. The van der Waals surface area contributed by atoms with Gasteiger partial charge in [-0.2, -0.15) is 0 Å². The lowest BCUT2D eigenvalue weighted by Crippen LogP contribution is -2.32. The van der Waals surface area contributed by atoms with Crippen molar-refractivity contribution in [1.82, 2.24) is 9.38 Å². The Balaban J connectivity index is 2.32. The second-order valence-electron chi connectivity index (χ2n) is 3.79. The van der Waals surface area contributed by atoms with Crippen LogP contribution in [0.3, 0.4) is 0 Å². The lowest BCUT2D eigenvalue weighted by molar-refractivity contribution is -0.138. The summed E-state index contributed by atoms with van der Waals surface area (Å²) in [4.78, 5) is 14.8. The number of pyridine rings is 1. The Bertz CT molecular complexity index is 533. The number of nitrogens with two attached hydrogens (primary N) is 1. The fourth-order valence-corrected chi connectivity index (χ4v) is 1.63. The molecule has 3 N–H and O–H groups in total. The third-order valence-electron chi connectivity index (χ3n) is 2.55. The second kappa shape index (κ2) is 3.94. The minimum Gasteiger partial charge on any atom is -0.480 e. The molecule has 2 rings (SSSR count). The van der Waals surface area contributed by atoms with Crippen LogP contribution in [0, 0.1) is 6.92 Å². The van der Waals surface area contributed by atoms with Gasteiger partial charge in [-0.25, -0.2) is 4.98 Å². The molecule has 1 unspecified atom stereocenters. The number of carboxylic acid groups (broad SMARTS) is 1. The van der Waals surface area contributed by atoms with Crippen LogP contribution in [-0.2, 0) is 11.2 Å². The largest absolute Gasteiger partial charge is 0.480 e. The van der Waals surface area contributed by atoms with Crippen molar-refractivity contribution in [3.05, 3.63) is 35.9 Å². The van der Waals surface area contributed by atoms with Crippen LogP contribution in [0.5, 0.6) is 0 Å². The number of hydrogen-bond donors (Lipinski definition) is 2. The molecule has 0 aliphatic rings. The predicted molar refractivity (Wildman–Crippen MR) is 59.2 cm³/mol. The summed E-state index contributed by atoms with van der Waals surface area (Å²) in [5.41, 5.74) is 7.36. The van der Waals surface area contributed by atoms with E-state index in [9.17, 15) is 4.79 Å². The zero-order chi connectivity index (χ0) is 11.7. The standard InChI is InChI=1S/C11H13N3O2/c1-7-13-5-9-3-2-8(6-14(7)9)4-10(12)11(15)16/h2-3,5-6,10H,4,12H2,1H3,(H,15,16). The van der Waals surface area contributed by atoms with Gasteiger partial charge in [0.25, 0.3) is 0 Å². The third-order valence-corrected chi connectivity index (χ3v) is 2.55. The van der Waals surface area contributed by atoms with Crippen LogP contribution < -0.4 is 5.73 Å². The molecule has 5 nitrogen and oxygen atoms in total. The second-order valence-corrected chi connectivity index (χ2v) is 3.79. The number of aromatic nitrogens is 2. The van der Waals surface area contributed by atoms with Crippen LogP contribution in [-0.4, -0.2) is 26.5 Å². The number of imidazole rings is 1. The Hall–Kier alpha value is -1.88. The normalized spacial score (nSPS) is 12.9. The van der Waals surface area contributed by atoms with E-state index < -0.39 is 12.0 Å². The van der Waals surface area contributed by atoms with Crippen LogP contribution in [0.1, 0.15) is 11.4 Å². The molecule has 0 radical (unpaired) electrons. The quantitative estimate of drug-likeness (QED) is 0.792. The topological polar surface area (TPSA) is 80.6 Å². The molecule has 0 saturated heterocycles. The molecule has 5 heteroatoms. The summed E-state index contributed by atoms with van der Waals surface area (Å²) in [6.45, 7) is 1.90. The van der Waals surface area contributed by atoms with E-state index in [1.54, 1.807) is 6.20 Å². The number of rotatable bonds is 3. The van der Waals surface area contributed by atoms with Gasteiger partial charge < -0.3 is 15.2 Å². The van der Waals surface area contributed by atoms with Gasteiger partial charge in [-0.1, -0.05) is 6.07 Å². The van der Waals surface area contributed by atoms with Crippen LogP contribution in [0.25, 0.3) is 5.52 Å². The Kier molecular flexibility index (Phi) is 2.62. The minimum absolute atomic E-state index is 0.322. The Morgan fingerprint density at radius 2 is 2.38 bits per heavy atom. The fourth-order valence-electron chi connectivity index (χ4n) is 1.63. The van der Waals surface area contributed by atoms with Crippen molar-refractivity contribution in [2.45, 2.75) is 19.4 Å². The van der Waals surface area contributed by atoms with Gasteiger partial charge in [0.15, 0.2) is 0 Å². The van der Waals surface area contributed by atoms with Crippen LogP contribution in [0.2, 0.25) is 0 Å². The molecule has 2 aromatic heterocycles. The maximum atomic E-state index is 10.6. The van der Waals surface area contributed by atoms with Gasteiger partial charge >= 0.3 is 5.97 Å². The van der Waals surface area contributed by atoms with Crippen molar-refractivity contribution >= 4 is 11.5 Å². The molecular weight excluding hydrogens is 206 g/mol. The van der Waals surface area contributed by atoms with E-state index in [-0.39, 0.29) is 0 Å². The van der Waals surface area contributed by atoms with Crippen molar-refractivity contribution in [2.75, 3.05) is 0 Å². The van der Waals surface area contributed by atoms with Gasteiger partial charge in [0.05, 0.1) is 11.7 Å². The van der Waals surface area contributed by atoms with Gasteiger partial charge in [0.2, 0.25) is 0 Å². The number of hydrogen-bond acceptors (Lipinski definition) is 3. The summed E-state index contributed by atoms with van der Waals surface area (Å²) in [6.07, 6.45) is 3.97. The first kappa shape index (κ1) is 10.6. The Morgan fingerprint density at radius 3 is 3.06 bits per heavy atom. The molecule has 16 heavy (non-hydrogen) atoms. The van der Waals surface area contributed by atoms with E-state index in [0.717, 1.165) is 16.9 Å². The first-order valence-corrected chi connectivity index (χ1v) is 4.99. The third kappa shape index (κ3) is 1.90. The summed E-state index contributed by atoms with van der Waals surface area (Å²) in [5.74, 6) is -0.108. The van der Waals surface area contributed by atoms with E-state index in [1.165, 1.54) is 0 Å². The molecule has 2 aromatic rings.